The number of aromatic nitrogens is 2. The van der Waals surface area contributed by atoms with Crippen molar-refractivity contribution in [3.8, 4) is 0 Å². The molecule has 2 heterocycles. The minimum atomic E-state index is -1.65. The summed E-state index contributed by atoms with van der Waals surface area (Å²) in [6.07, 6.45) is -0.108. The van der Waals surface area contributed by atoms with Gasteiger partial charge in [-0.15, -0.1) is 0 Å². The summed E-state index contributed by atoms with van der Waals surface area (Å²) in [6, 6.07) is 2.61. The Morgan fingerprint density at radius 1 is 1.38 bits per heavy atom. The van der Waals surface area contributed by atoms with Gasteiger partial charge in [-0.3, -0.25) is 14.2 Å². The van der Waals surface area contributed by atoms with E-state index < -0.39 is 35.1 Å². The molecule has 5 nitrogen and oxygen atoms in total. The van der Waals surface area contributed by atoms with Gasteiger partial charge in [-0.25, -0.2) is 18.2 Å². The van der Waals surface area contributed by atoms with E-state index in [0.717, 1.165) is 12.1 Å². The lowest BCUT2D eigenvalue weighted by Gasteiger charge is -2.13. The summed E-state index contributed by atoms with van der Waals surface area (Å²) in [4.78, 5) is 28.3. The van der Waals surface area contributed by atoms with Gasteiger partial charge in [-0.1, -0.05) is 11.8 Å². The molecule has 2 aromatic rings. The number of rotatable bonds is 3. The van der Waals surface area contributed by atoms with Crippen molar-refractivity contribution in [2.24, 2.45) is 0 Å². The highest BCUT2D eigenvalue weighted by atomic mass is 32.2. The van der Waals surface area contributed by atoms with Gasteiger partial charge in [0, 0.05) is 23.9 Å². The molecule has 3 rings (SSSR count). The zero-order valence-electron chi connectivity index (χ0n) is 12.5. The molecule has 0 radical (unpaired) electrons. The second-order valence-corrected chi connectivity index (χ2v) is 6.32. The first-order valence-electron chi connectivity index (χ1n) is 7.03. The number of anilines is 1. The van der Waals surface area contributed by atoms with E-state index >= 15 is 0 Å². The van der Waals surface area contributed by atoms with Gasteiger partial charge in [-0.05, 0) is 19.1 Å². The van der Waals surface area contributed by atoms with Crippen molar-refractivity contribution in [1.82, 2.24) is 9.55 Å². The summed E-state index contributed by atoms with van der Waals surface area (Å²) in [6.45, 7) is 1.70. The van der Waals surface area contributed by atoms with Crippen LogP contribution in [0.25, 0.3) is 0 Å². The molecule has 9 heteroatoms. The third kappa shape index (κ3) is 3.03. The standard InChI is InChI=1S/C15H12F3N3O2S/c1-7-4-12(23)21-8(6-24-15(21)19-7)5-11(22)20-10-3-2-9(16)13(17)14(10)18/h2-4,8H,5-6H2,1H3,(H,20,22). The molecule has 1 N–H and O–H groups in total. The van der Waals surface area contributed by atoms with Gasteiger partial charge < -0.3 is 5.32 Å². The van der Waals surface area contributed by atoms with E-state index in [0.29, 0.717) is 16.6 Å². The Balaban J connectivity index is 1.76. The summed E-state index contributed by atoms with van der Waals surface area (Å²) < 4.78 is 41.1. The van der Waals surface area contributed by atoms with Crippen molar-refractivity contribution < 1.29 is 18.0 Å². The van der Waals surface area contributed by atoms with Crippen LogP contribution in [0.3, 0.4) is 0 Å². The number of nitrogens with zero attached hydrogens (tertiary/aromatic N) is 2. The molecule has 1 aliphatic rings. The normalized spacial score (nSPS) is 16.1. The first-order valence-corrected chi connectivity index (χ1v) is 8.01. The van der Waals surface area contributed by atoms with Crippen LogP contribution in [0.15, 0.2) is 28.2 Å². The molecule has 1 amide bonds. The number of carbonyl (C=O) groups is 1. The lowest BCUT2D eigenvalue weighted by molar-refractivity contribution is -0.116. The van der Waals surface area contributed by atoms with Gasteiger partial charge >= 0.3 is 0 Å². The van der Waals surface area contributed by atoms with E-state index in [4.69, 9.17) is 0 Å². The second kappa shape index (κ2) is 6.31. The number of amides is 1. The number of fused-ring (bicyclic) bond motifs is 1. The van der Waals surface area contributed by atoms with Gasteiger partial charge in [0.25, 0.3) is 5.56 Å². The Kier molecular flexibility index (Phi) is 4.35. The van der Waals surface area contributed by atoms with Crippen molar-refractivity contribution in [3.05, 3.63) is 51.7 Å². The van der Waals surface area contributed by atoms with Crippen LogP contribution in [0, 0.1) is 24.4 Å². The van der Waals surface area contributed by atoms with Gasteiger partial charge in [0.2, 0.25) is 5.91 Å². The predicted molar refractivity (Wildman–Crippen MR) is 82.6 cm³/mol. The Morgan fingerprint density at radius 2 is 2.12 bits per heavy atom. The number of hydrogen-bond donors (Lipinski definition) is 1. The number of halogens is 3. The number of nitrogens with one attached hydrogen (secondary N) is 1. The third-order valence-electron chi connectivity index (χ3n) is 3.55. The predicted octanol–water partition coefficient (Wildman–Crippen LogP) is 2.64. The maximum atomic E-state index is 13.6. The van der Waals surface area contributed by atoms with Crippen LogP contribution in [0.5, 0.6) is 0 Å². The quantitative estimate of drug-likeness (QED) is 0.679. The van der Waals surface area contributed by atoms with E-state index in [1.54, 1.807) is 6.92 Å². The Morgan fingerprint density at radius 3 is 2.88 bits per heavy atom. The van der Waals surface area contributed by atoms with Gasteiger partial charge in [0.05, 0.1) is 11.7 Å². The molecular formula is C15H12F3N3O2S. The largest absolute Gasteiger partial charge is 0.323 e. The summed E-state index contributed by atoms with van der Waals surface area (Å²) >= 11 is 1.35. The molecule has 0 aliphatic carbocycles. The topological polar surface area (TPSA) is 64.0 Å². The number of benzene rings is 1. The van der Waals surface area contributed by atoms with E-state index in [2.05, 4.69) is 10.3 Å². The second-order valence-electron chi connectivity index (χ2n) is 5.33. The first kappa shape index (κ1) is 16.6. The van der Waals surface area contributed by atoms with Gasteiger partial charge in [0.1, 0.15) is 0 Å². The third-order valence-corrected chi connectivity index (χ3v) is 4.65. The van der Waals surface area contributed by atoms with Crippen LogP contribution >= 0.6 is 11.8 Å². The van der Waals surface area contributed by atoms with Crippen LogP contribution < -0.4 is 10.9 Å². The lowest BCUT2D eigenvalue weighted by Crippen LogP contribution is -2.27. The molecule has 0 saturated carbocycles. The molecule has 0 fully saturated rings. The van der Waals surface area contributed by atoms with Gasteiger partial charge in [-0.2, -0.15) is 0 Å². The zero-order chi connectivity index (χ0) is 17.4. The Labute approximate surface area is 138 Å². The summed E-state index contributed by atoms with van der Waals surface area (Å²) in [5.74, 6) is -4.57. The molecule has 1 aromatic carbocycles. The van der Waals surface area contributed by atoms with Crippen LogP contribution in [0.2, 0.25) is 0 Å². The van der Waals surface area contributed by atoms with Crippen molar-refractivity contribution in [2.75, 3.05) is 11.1 Å². The smallest absolute Gasteiger partial charge is 0.254 e. The molecule has 1 atom stereocenters. The van der Waals surface area contributed by atoms with E-state index in [9.17, 15) is 22.8 Å². The maximum absolute atomic E-state index is 13.6. The average Bonchev–Trinajstić information content (AvgIpc) is 2.90. The van der Waals surface area contributed by atoms with E-state index in [1.807, 2.05) is 0 Å². The SMILES string of the molecule is Cc1cc(=O)n2c(n1)SCC2CC(=O)Nc1ccc(F)c(F)c1F. The summed E-state index contributed by atoms with van der Waals surface area (Å²) in [5.41, 5.74) is -0.119. The van der Waals surface area contributed by atoms with Crippen LogP contribution in [-0.2, 0) is 4.79 Å². The van der Waals surface area contributed by atoms with Crippen LogP contribution in [0.1, 0.15) is 18.2 Å². The minimum absolute atomic E-state index is 0.108. The fourth-order valence-corrected chi connectivity index (χ4v) is 3.65. The summed E-state index contributed by atoms with van der Waals surface area (Å²) in [7, 11) is 0. The first-order chi connectivity index (χ1) is 11.4. The highest BCUT2D eigenvalue weighted by Crippen LogP contribution is 2.32. The molecule has 1 aromatic heterocycles. The maximum Gasteiger partial charge on any atom is 0.254 e. The Bertz CT molecular complexity index is 885. The number of carbonyl (C=O) groups excluding carboxylic acids is 1. The number of hydrogen-bond acceptors (Lipinski definition) is 4. The minimum Gasteiger partial charge on any atom is -0.323 e. The monoisotopic (exact) mass is 355 g/mol. The van der Waals surface area contributed by atoms with Crippen molar-refractivity contribution in [1.29, 1.82) is 0 Å². The van der Waals surface area contributed by atoms with E-state index in [-0.39, 0.29) is 12.0 Å². The average molecular weight is 355 g/mol. The fourth-order valence-electron chi connectivity index (χ4n) is 2.45. The van der Waals surface area contributed by atoms with Gasteiger partial charge in [0.15, 0.2) is 22.6 Å². The molecule has 24 heavy (non-hydrogen) atoms. The highest BCUT2D eigenvalue weighted by molar-refractivity contribution is 7.99. The zero-order valence-corrected chi connectivity index (χ0v) is 13.3. The lowest BCUT2D eigenvalue weighted by atomic mass is 10.2. The van der Waals surface area contributed by atoms with Crippen molar-refractivity contribution >= 4 is 23.4 Å². The molecular weight excluding hydrogens is 343 g/mol. The van der Waals surface area contributed by atoms with E-state index in [1.165, 1.54) is 22.4 Å². The molecule has 1 aliphatic heterocycles. The molecule has 0 spiro atoms. The molecule has 126 valence electrons. The van der Waals surface area contributed by atoms with Crippen LogP contribution in [-0.4, -0.2) is 21.2 Å². The van der Waals surface area contributed by atoms with Crippen LogP contribution in [0.4, 0.5) is 18.9 Å². The number of thioether (sulfide) groups is 1. The van der Waals surface area contributed by atoms with Crippen molar-refractivity contribution in [2.45, 2.75) is 24.5 Å². The summed E-state index contributed by atoms with van der Waals surface area (Å²) in [5, 5.41) is 2.73. The highest BCUT2D eigenvalue weighted by Gasteiger charge is 2.27. The number of aryl methyl sites for hydroxylation is 1. The Hall–Kier alpha value is -2.29. The van der Waals surface area contributed by atoms with Crippen molar-refractivity contribution in [3.63, 3.8) is 0 Å². The molecule has 0 saturated heterocycles. The fraction of sp³-hybridized carbons (Fsp3) is 0.267. The molecule has 1 unspecified atom stereocenters. The molecule has 0 bridgehead atoms.